The molecule has 1 aromatic rings. The summed E-state index contributed by atoms with van der Waals surface area (Å²) in [5.74, 6) is -0.241. The fourth-order valence-corrected chi connectivity index (χ4v) is 2.42. The lowest BCUT2D eigenvalue weighted by Gasteiger charge is -2.31. The zero-order valence-corrected chi connectivity index (χ0v) is 11.8. The predicted molar refractivity (Wildman–Crippen MR) is 74.2 cm³/mol. The van der Waals surface area contributed by atoms with Gasteiger partial charge in [0.05, 0.1) is 0 Å². The van der Waals surface area contributed by atoms with E-state index in [4.69, 9.17) is 0 Å². The van der Waals surface area contributed by atoms with Crippen LogP contribution in [0, 0.1) is 0 Å². The molecule has 1 aliphatic heterocycles. The lowest BCUT2D eigenvalue weighted by molar-refractivity contribution is -0.160. The molecule has 0 aromatic heterocycles. The molecule has 2 N–H and O–H groups in total. The number of hydrogen-bond donors (Lipinski definition) is 2. The molecule has 6 heteroatoms. The van der Waals surface area contributed by atoms with Crippen molar-refractivity contribution in [2.75, 3.05) is 6.54 Å². The van der Waals surface area contributed by atoms with Crippen molar-refractivity contribution in [1.29, 1.82) is 0 Å². The van der Waals surface area contributed by atoms with Crippen LogP contribution in [0.4, 0.5) is 13.2 Å². The molecule has 0 radical (unpaired) electrons. The minimum Gasteiger partial charge on any atom is -0.348 e. The highest BCUT2D eigenvalue weighted by Gasteiger charge is 2.41. The third-order valence-corrected chi connectivity index (χ3v) is 3.77. The number of amides is 1. The van der Waals surface area contributed by atoms with E-state index in [-0.39, 0.29) is 24.9 Å². The Labute approximate surface area is 121 Å². The predicted octanol–water partition coefficient (Wildman–Crippen LogP) is 2.66. The molecule has 0 spiro atoms. The van der Waals surface area contributed by atoms with E-state index in [0.717, 1.165) is 12.0 Å². The van der Waals surface area contributed by atoms with Gasteiger partial charge in [-0.3, -0.25) is 4.79 Å². The van der Waals surface area contributed by atoms with E-state index in [9.17, 15) is 18.0 Å². The van der Waals surface area contributed by atoms with E-state index in [1.165, 1.54) is 0 Å². The van der Waals surface area contributed by atoms with Crippen molar-refractivity contribution in [2.45, 2.75) is 44.4 Å². The van der Waals surface area contributed by atoms with Crippen molar-refractivity contribution in [3.63, 3.8) is 0 Å². The average molecular weight is 300 g/mol. The van der Waals surface area contributed by atoms with E-state index in [1.807, 2.05) is 19.1 Å². The van der Waals surface area contributed by atoms with Gasteiger partial charge in [0.15, 0.2) is 0 Å². The Morgan fingerprint density at radius 3 is 2.43 bits per heavy atom. The SMILES string of the molecule is CCc1ccc(C(=O)NC2CCC(C(F)(F)F)NC2)cc1. The fourth-order valence-electron chi connectivity index (χ4n) is 2.42. The first-order valence-electron chi connectivity index (χ1n) is 7.10. The van der Waals surface area contributed by atoms with Crippen LogP contribution < -0.4 is 10.6 Å². The Hall–Kier alpha value is -1.56. The van der Waals surface area contributed by atoms with Gasteiger partial charge in [-0.25, -0.2) is 0 Å². The Kier molecular flexibility index (Phi) is 4.88. The van der Waals surface area contributed by atoms with Crippen LogP contribution in [0.2, 0.25) is 0 Å². The van der Waals surface area contributed by atoms with Gasteiger partial charge in [0.1, 0.15) is 6.04 Å². The Bertz CT molecular complexity index is 477. The van der Waals surface area contributed by atoms with Crippen molar-refractivity contribution in [1.82, 2.24) is 10.6 Å². The fraction of sp³-hybridized carbons (Fsp3) is 0.533. The third-order valence-electron chi connectivity index (χ3n) is 3.77. The molecule has 1 aliphatic rings. The molecule has 2 atom stereocenters. The highest BCUT2D eigenvalue weighted by molar-refractivity contribution is 5.94. The summed E-state index contributed by atoms with van der Waals surface area (Å²) >= 11 is 0. The van der Waals surface area contributed by atoms with Crippen molar-refractivity contribution in [3.8, 4) is 0 Å². The van der Waals surface area contributed by atoms with Crippen LogP contribution in [0.1, 0.15) is 35.7 Å². The molecular formula is C15H19F3N2O. The number of benzene rings is 1. The molecule has 0 aliphatic carbocycles. The van der Waals surface area contributed by atoms with Crippen LogP contribution in [0.15, 0.2) is 24.3 Å². The highest BCUT2D eigenvalue weighted by Crippen LogP contribution is 2.26. The van der Waals surface area contributed by atoms with Gasteiger partial charge in [-0.15, -0.1) is 0 Å². The van der Waals surface area contributed by atoms with Crippen LogP contribution >= 0.6 is 0 Å². The molecule has 0 saturated carbocycles. The van der Waals surface area contributed by atoms with Crippen LogP contribution in [0.3, 0.4) is 0 Å². The van der Waals surface area contributed by atoms with Crippen LogP contribution in [-0.2, 0) is 6.42 Å². The lowest BCUT2D eigenvalue weighted by atomic mass is 10.00. The van der Waals surface area contributed by atoms with Gasteiger partial charge in [-0.1, -0.05) is 19.1 Å². The summed E-state index contributed by atoms with van der Waals surface area (Å²) in [6.45, 7) is 2.17. The molecule has 116 valence electrons. The number of rotatable bonds is 3. The molecule has 21 heavy (non-hydrogen) atoms. The number of carbonyl (C=O) groups is 1. The summed E-state index contributed by atoms with van der Waals surface area (Å²) in [6, 6.07) is 5.52. The van der Waals surface area contributed by atoms with E-state index in [1.54, 1.807) is 12.1 Å². The maximum atomic E-state index is 12.5. The molecule has 0 bridgehead atoms. The van der Waals surface area contributed by atoms with E-state index in [0.29, 0.717) is 12.0 Å². The van der Waals surface area contributed by atoms with E-state index in [2.05, 4.69) is 10.6 Å². The second kappa shape index (κ2) is 6.47. The monoisotopic (exact) mass is 300 g/mol. The second-order valence-electron chi connectivity index (χ2n) is 5.30. The minimum atomic E-state index is -4.22. The summed E-state index contributed by atoms with van der Waals surface area (Å²) in [7, 11) is 0. The molecule has 1 heterocycles. The molecular weight excluding hydrogens is 281 g/mol. The number of hydrogen-bond acceptors (Lipinski definition) is 2. The van der Waals surface area contributed by atoms with Crippen molar-refractivity contribution >= 4 is 5.91 Å². The molecule has 2 rings (SSSR count). The van der Waals surface area contributed by atoms with Gasteiger partial charge in [0.2, 0.25) is 0 Å². The van der Waals surface area contributed by atoms with Gasteiger partial charge < -0.3 is 10.6 Å². The number of piperidine rings is 1. The number of nitrogens with one attached hydrogen (secondary N) is 2. The van der Waals surface area contributed by atoms with Gasteiger partial charge in [0, 0.05) is 18.2 Å². The van der Waals surface area contributed by atoms with Crippen molar-refractivity contribution in [2.24, 2.45) is 0 Å². The molecule has 1 fully saturated rings. The second-order valence-corrected chi connectivity index (χ2v) is 5.30. The molecule has 2 unspecified atom stereocenters. The van der Waals surface area contributed by atoms with Crippen molar-refractivity contribution < 1.29 is 18.0 Å². The van der Waals surface area contributed by atoms with E-state index >= 15 is 0 Å². The maximum absolute atomic E-state index is 12.5. The van der Waals surface area contributed by atoms with Crippen LogP contribution in [0.5, 0.6) is 0 Å². The minimum absolute atomic E-state index is 0.0107. The number of carbonyl (C=O) groups excluding carboxylic acids is 1. The molecule has 1 saturated heterocycles. The van der Waals surface area contributed by atoms with Gasteiger partial charge >= 0.3 is 6.18 Å². The number of alkyl halides is 3. The highest BCUT2D eigenvalue weighted by atomic mass is 19.4. The number of halogens is 3. The van der Waals surface area contributed by atoms with Crippen molar-refractivity contribution in [3.05, 3.63) is 35.4 Å². The van der Waals surface area contributed by atoms with Gasteiger partial charge in [-0.05, 0) is 37.0 Å². The topological polar surface area (TPSA) is 41.1 Å². The van der Waals surface area contributed by atoms with E-state index < -0.39 is 12.2 Å². The Morgan fingerprint density at radius 2 is 1.95 bits per heavy atom. The summed E-state index contributed by atoms with van der Waals surface area (Å²) in [6.07, 6.45) is -3.00. The van der Waals surface area contributed by atoms with Gasteiger partial charge in [0.25, 0.3) is 5.91 Å². The number of aryl methyl sites for hydroxylation is 1. The van der Waals surface area contributed by atoms with Crippen LogP contribution in [-0.4, -0.2) is 30.7 Å². The standard InChI is InChI=1S/C15H19F3N2O/c1-2-10-3-5-11(6-4-10)14(21)20-12-7-8-13(19-9-12)15(16,17)18/h3-6,12-13,19H,2,7-9H2,1H3,(H,20,21). The third kappa shape index (κ3) is 4.20. The quantitative estimate of drug-likeness (QED) is 0.901. The Balaban J connectivity index is 1.86. The summed E-state index contributed by atoms with van der Waals surface area (Å²) in [5, 5.41) is 5.22. The first-order chi connectivity index (χ1) is 9.90. The maximum Gasteiger partial charge on any atom is 0.403 e. The van der Waals surface area contributed by atoms with Crippen LogP contribution in [0.25, 0.3) is 0 Å². The molecule has 1 amide bonds. The smallest absolute Gasteiger partial charge is 0.348 e. The summed E-state index contributed by atoms with van der Waals surface area (Å²) < 4.78 is 37.6. The molecule has 1 aromatic carbocycles. The zero-order chi connectivity index (χ0) is 15.5. The molecule has 3 nitrogen and oxygen atoms in total. The normalized spacial score (nSPS) is 22.9. The zero-order valence-electron chi connectivity index (χ0n) is 11.8. The largest absolute Gasteiger partial charge is 0.403 e. The summed E-state index contributed by atoms with van der Waals surface area (Å²) in [5.41, 5.74) is 1.67. The average Bonchev–Trinajstić information content (AvgIpc) is 2.47. The Morgan fingerprint density at radius 1 is 1.29 bits per heavy atom. The first-order valence-corrected chi connectivity index (χ1v) is 7.10. The summed E-state index contributed by atoms with van der Waals surface area (Å²) in [4.78, 5) is 12.0. The van der Waals surface area contributed by atoms with Gasteiger partial charge in [-0.2, -0.15) is 13.2 Å². The first kappa shape index (κ1) is 15.8. The lowest BCUT2D eigenvalue weighted by Crippen LogP contribution is -2.54.